The van der Waals surface area contributed by atoms with Gasteiger partial charge in [-0.3, -0.25) is 0 Å². The van der Waals surface area contributed by atoms with Crippen LogP contribution in [0.25, 0.3) is 0 Å². The minimum absolute atomic E-state index is 0.125. The summed E-state index contributed by atoms with van der Waals surface area (Å²) in [5.74, 6) is 5.80. The van der Waals surface area contributed by atoms with E-state index in [0.29, 0.717) is 10.8 Å². The molecular weight excluding hydrogens is 316 g/mol. The van der Waals surface area contributed by atoms with E-state index >= 15 is 0 Å². The molecule has 4 aliphatic rings. The van der Waals surface area contributed by atoms with Gasteiger partial charge in [-0.25, -0.2) is 0 Å². The van der Waals surface area contributed by atoms with Gasteiger partial charge in [0.05, 0.1) is 6.10 Å². The molecule has 0 aromatic heterocycles. The maximum absolute atomic E-state index is 9.73. The van der Waals surface area contributed by atoms with Gasteiger partial charge in [-0.15, -0.1) is 0 Å². The van der Waals surface area contributed by atoms with Crippen molar-refractivity contribution in [1.29, 1.82) is 0 Å². The Kier molecular flexibility index (Phi) is 5.26. The van der Waals surface area contributed by atoms with Crippen molar-refractivity contribution in [1.82, 2.24) is 0 Å². The molecule has 0 spiro atoms. The van der Waals surface area contributed by atoms with E-state index in [2.05, 4.69) is 20.8 Å². The molecule has 4 saturated carbocycles. The van der Waals surface area contributed by atoms with Crippen molar-refractivity contribution in [3.05, 3.63) is 0 Å². The molecule has 150 valence electrons. The van der Waals surface area contributed by atoms with Crippen LogP contribution >= 0.6 is 0 Å². The topological polar surface area (TPSA) is 20.2 Å². The smallest absolute Gasteiger partial charge is 0.0512 e. The molecule has 0 bridgehead atoms. The molecule has 4 aliphatic carbocycles. The van der Waals surface area contributed by atoms with Crippen molar-refractivity contribution in [2.24, 2.45) is 46.3 Å². The summed E-state index contributed by atoms with van der Waals surface area (Å²) >= 11 is 0. The fraction of sp³-hybridized carbons (Fsp3) is 1.00. The molecule has 4 rings (SSSR count). The van der Waals surface area contributed by atoms with Crippen LogP contribution < -0.4 is 0 Å². The third kappa shape index (κ3) is 2.99. The molecule has 4 fully saturated rings. The molecule has 0 aliphatic heterocycles. The fourth-order valence-electron chi connectivity index (χ4n) is 8.98. The van der Waals surface area contributed by atoms with Crippen molar-refractivity contribution in [2.75, 3.05) is 0 Å². The first-order valence-corrected chi connectivity index (χ1v) is 12.0. The maximum atomic E-state index is 9.73. The molecule has 0 heterocycles. The molecule has 9 atom stereocenters. The van der Waals surface area contributed by atoms with Gasteiger partial charge in [0, 0.05) is 0 Å². The summed E-state index contributed by atoms with van der Waals surface area (Å²) in [6.07, 6.45) is 17.2. The van der Waals surface area contributed by atoms with E-state index in [1.807, 2.05) is 6.92 Å². The lowest BCUT2D eigenvalue weighted by molar-refractivity contribution is -0.114. The Morgan fingerprint density at radius 2 is 1.58 bits per heavy atom. The summed E-state index contributed by atoms with van der Waals surface area (Å²) in [5.41, 5.74) is 1.27. The summed E-state index contributed by atoms with van der Waals surface area (Å²) in [6.45, 7) is 9.83. The summed E-state index contributed by atoms with van der Waals surface area (Å²) in [7, 11) is 0. The number of rotatable bonds is 4. The lowest BCUT2D eigenvalue weighted by atomic mass is 9.44. The van der Waals surface area contributed by atoms with E-state index in [1.165, 1.54) is 64.2 Å². The maximum Gasteiger partial charge on any atom is 0.0512 e. The van der Waals surface area contributed by atoms with Crippen LogP contribution in [-0.4, -0.2) is 11.2 Å². The molecule has 1 heteroatoms. The third-order valence-corrected chi connectivity index (χ3v) is 10.4. The van der Waals surface area contributed by atoms with E-state index in [9.17, 15) is 5.11 Å². The fourth-order valence-corrected chi connectivity index (χ4v) is 8.98. The van der Waals surface area contributed by atoms with E-state index in [1.54, 1.807) is 6.42 Å². The minimum Gasteiger partial charge on any atom is -0.393 e. The first-order chi connectivity index (χ1) is 12.4. The van der Waals surface area contributed by atoms with E-state index in [4.69, 9.17) is 0 Å². The predicted molar refractivity (Wildman–Crippen MR) is 110 cm³/mol. The second kappa shape index (κ2) is 7.09. The minimum atomic E-state index is -0.125. The Bertz CT molecular complexity index is 498. The zero-order chi connectivity index (χ0) is 18.5. The number of aliphatic hydroxyl groups is 1. The van der Waals surface area contributed by atoms with Crippen molar-refractivity contribution >= 4 is 0 Å². The van der Waals surface area contributed by atoms with Crippen molar-refractivity contribution in [2.45, 2.75) is 111 Å². The Labute approximate surface area is 162 Å². The van der Waals surface area contributed by atoms with Gasteiger partial charge in [-0.1, -0.05) is 33.6 Å². The van der Waals surface area contributed by atoms with E-state index in [-0.39, 0.29) is 6.10 Å². The van der Waals surface area contributed by atoms with Crippen molar-refractivity contribution in [3.8, 4) is 0 Å². The number of hydrogen-bond donors (Lipinski definition) is 1. The lowest BCUT2D eigenvalue weighted by Gasteiger charge is -2.61. The summed E-state index contributed by atoms with van der Waals surface area (Å²) in [6, 6.07) is 0. The Hall–Kier alpha value is -0.0400. The SMILES string of the molecule is CC(O)CC[C@@H](C)[C@H]1CC[C@H]2[C@@H]3CC[C@@H]4CCCC[C@]4(C)[C@H]3CC[C@]12C. The van der Waals surface area contributed by atoms with Gasteiger partial charge in [-0.2, -0.15) is 0 Å². The molecule has 1 unspecified atom stereocenters. The number of fused-ring (bicyclic) bond motifs is 5. The highest BCUT2D eigenvalue weighted by Crippen LogP contribution is 2.68. The van der Waals surface area contributed by atoms with Gasteiger partial charge in [0.15, 0.2) is 0 Å². The number of hydrogen-bond acceptors (Lipinski definition) is 1. The van der Waals surface area contributed by atoms with Gasteiger partial charge in [-0.05, 0) is 117 Å². The van der Waals surface area contributed by atoms with Crippen LogP contribution in [0.1, 0.15) is 105 Å². The van der Waals surface area contributed by atoms with Gasteiger partial charge in [0.25, 0.3) is 0 Å². The monoisotopic (exact) mass is 360 g/mol. The van der Waals surface area contributed by atoms with Gasteiger partial charge < -0.3 is 5.11 Å². The molecule has 0 aromatic rings. The average molecular weight is 361 g/mol. The van der Waals surface area contributed by atoms with Crippen LogP contribution in [0, 0.1) is 46.3 Å². The predicted octanol–water partition coefficient (Wildman–Crippen LogP) is 6.83. The summed E-state index contributed by atoms with van der Waals surface area (Å²) in [5, 5.41) is 9.73. The molecular formula is C25H44O. The van der Waals surface area contributed by atoms with Gasteiger partial charge >= 0.3 is 0 Å². The van der Waals surface area contributed by atoms with Crippen LogP contribution in [0.15, 0.2) is 0 Å². The van der Waals surface area contributed by atoms with Crippen molar-refractivity contribution in [3.63, 3.8) is 0 Å². The zero-order valence-electron chi connectivity index (χ0n) is 18.0. The molecule has 1 nitrogen and oxygen atoms in total. The van der Waals surface area contributed by atoms with Crippen LogP contribution in [0.4, 0.5) is 0 Å². The first kappa shape index (κ1) is 19.3. The molecule has 0 saturated heterocycles. The van der Waals surface area contributed by atoms with Crippen LogP contribution in [0.2, 0.25) is 0 Å². The summed E-state index contributed by atoms with van der Waals surface area (Å²) in [4.78, 5) is 0. The highest BCUT2D eigenvalue weighted by Gasteiger charge is 2.59. The van der Waals surface area contributed by atoms with Gasteiger partial charge in [0.1, 0.15) is 0 Å². The Balaban J connectivity index is 1.51. The first-order valence-electron chi connectivity index (χ1n) is 12.0. The van der Waals surface area contributed by atoms with Crippen LogP contribution in [0.5, 0.6) is 0 Å². The van der Waals surface area contributed by atoms with Crippen LogP contribution in [0.3, 0.4) is 0 Å². The van der Waals surface area contributed by atoms with E-state index < -0.39 is 0 Å². The van der Waals surface area contributed by atoms with E-state index in [0.717, 1.165) is 41.9 Å². The summed E-state index contributed by atoms with van der Waals surface area (Å²) < 4.78 is 0. The molecule has 26 heavy (non-hydrogen) atoms. The van der Waals surface area contributed by atoms with Crippen LogP contribution in [-0.2, 0) is 0 Å². The Morgan fingerprint density at radius 3 is 2.35 bits per heavy atom. The highest BCUT2D eigenvalue weighted by atomic mass is 16.3. The van der Waals surface area contributed by atoms with Crippen molar-refractivity contribution < 1.29 is 5.11 Å². The Morgan fingerprint density at radius 1 is 0.808 bits per heavy atom. The highest BCUT2D eigenvalue weighted by molar-refractivity contribution is 5.09. The normalized spacial score (nSPS) is 50.4. The van der Waals surface area contributed by atoms with Gasteiger partial charge in [0.2, 0.25) is 0 Å². The lowest BCUT2D eigenvalue weighted by Crippen LogP contribution is -2.53. The zero-order valence-corrected chi connectivity index (χ0v) is 18.0. The quantitative estimate of drug-likeness (QED) is 0.582. The number of aliphatic hydroxyl groups excluding tert-OH is 1. The molecule has 1 N–H and O–H groups in total. The molecule has 0 radical (unpaired) electrons. The second-order valence-corrected chi connectivity index (χ2v) is 11.5. The third-order valence-electron chi connectivity index (χ3n) is 10.4. The molecule has 0 amide bonds. The largest absolute Gasteiger partial charge is 0.393 e. The molecule has 0 aromatic carbocycles. The second-order valence-electron chi connectivity index (χ2n) is 11.5. The standard InChI is InChI=1S/C25H44O/c1-17(8-9-18(2)26)21-12-13-22-20-11-10-19-7-5-6-15-24(19,3)23(20)14-16-25(21,22)4/h17-23,26H,5-16H2,1-4H3/t17-,18?,19+,20+,21-,22+,23+,24+,25-/m1/s1. The average Bonchev–Trinajstić information content (AvgIpc) is 2.96.